The third kappa shape index (κ3) is 3.12. The molecule has 2 nitrogen and oxygen atoms in total. The van der Waals surface area contributed by atoms with Crippen LogP contribution in [0.2, 0.25) is 0 Å². The van der Waals surface area contributed by atoms with E-state index in [4.69, 9.17) is 0 Å². The van der Waals surface area contributed by atoms with E-state index in [9.17, 15) is 8.42 Å². The Bertz CT molecular complexity index is 290. The van der Waals surface area contributed by atoms with Crippen LogP contribution in [0.3, 0.4) is 0 Å². The van der Waals surface area contributed by atoms with Crippen molar-refractivity contribution in [3.63, 3.8) is 0 Å². The summed E-state index contributed by atoms with van der Waals surface area (Å²) >= 11 is 0. The lowest BCUT2D eigenvalue weighted by molar-refractivity contribution is 0.372. The fourth-order valence-electron chi connectivity index (χ4n) is 2.08. The molecule has 82 valence electrons. The van der Waals surface area contributed by atoms with E-state index >= 15 is 0 Å². The summed E-state index contributed by atoms with van der Waals surface area (Å²) in [5.41, 5.74) is 0. The maximum atomic E-state index is 11.2. The molecular formula is C11H20O2S. The third-order valence-electron chi connectivity index (χ3n) is 3.02. The highest BCUT2D eigenvalue weighted by Crippen LogP contribution is 2.29. The van der Waals surface area contributed by atoms with Crippen molar-refractivity contribution in [3.05, 3.63) is 11.5 Å². The number of allylic oxidation sites excluding steroid dienone is 1. The van der Waals surface area contributed by atoms with E-state index in [1.54, 1.807) is 0 Å². The summed E-state index contributed by atoms with van der Waals surface area (Å²) < 4.78 is 22.5. The predicted molar refractivity (Wildman–Crippen MR) is 59.7 cm³/mol. The highest BCUT2D eigenvalue weighted by Gasteiger charge is 2.27. The van der Waals surface area contributed by atoms with Crippen LogP contribution in [-0.4, -0.2) is 14.2 Å². The zero-order valence-electron chi connectivity index (χ0n) is 9.07. The SMILES string of the molecule is CCCCC(CC)C1C=CS(=O)(=O)C1. The average molecular weight is 216 g/mol. The monoisotopic (exact) mass is 216 g/mol. The number of sulfone groups is 1. The fraction of sp³-hybridized carbons (Fsp3) is 0.818. The molecule has 2 unspecified atom stereocenters. The lowest BCUT2D eigenvalue weighted by Gasteiger charge is -2.19. The molecule has 3 heteroatoms. The van der Waals surface area contributed by atoms with Crippen molar-refractivity contribution >= 4 is 9.84 Å². The predicted octanol–water partition coefficient (Wildman–Crippen LogP) is 2.76. The van der Waals surface area contributed by atoms with Crippen molar-refractivity contribution in [2.45, 2.75) is 39.5 Å². The van der Waals surface area contributed by atoms with Crippen molar-refractivity contribution in [2.75, 3.05) is 5.75 Å². The summed E-state index contributed by atoms with van der Waals surface area (Å²) in [6.07, 6.45) is 6.55. The van der Waals surface area contributed by atoms with Crippen LogP contribution < -0.4 is 0 Å². The van der Waals surface area contributed by atoms with Gasteiger partial charge in [-0.3, -0.25) is 0 Å². The number of unbranched alkanes of at least 4 members (excludes halogenated alkanes) is 1. The van der Waals surface area contributed by atoms with E-state index in [1.165, 1.54) is 18.2 Å². The molecule has 0 radical (unpaired) electrons. The maximum Gasteiger partial charge on any atom is 0.171 e. The number of hydrogen-bond acceptors (Lipinski definition) is 2. The quantitative estimate of drug-likeness (QED) is 0.708. The molecule has 0 saturated heterocycles. The Morgan fingerprint density at radius 1 is 1.43 bits per heavy atom. The summed E-state index contributed by atoms with van der Waals surface area (Å²) in [6.45, 7) is 4.33. The van der Waals surface area contributed by atoms with Gasteiger partial charge < -0.3 is 0 Å². The molecule has 0 amide bonds. The Kier molecular flexibility index (Phi) is 4.17. The van der Waals surface area contributed by atoms with Crippen molar-refractivity contribution in [1.29, 1.82) is 0 Å². The van der Waals surface area contributed by atoms with E-state index in [2.05, 4.69) is 13.8 Å². The molecule has 0 bridgehead atoms. The van der Waals surface area contributed by atoms with Gasteiger partial charge in [-0.1, -0.05) is 39.2 Å². The average Bonchev–Trinajstić information content (AvgIpc) is 2.48. The summed E-state index contributed by atoms with van der Waals surface area (Å²) in [7, 11) is -2.86. The molecule has 0 aliphatic carbocycles. The number of rotatable bonds is 5. The Morgan fingerprint density at radius 3 is 2.57 bits per heavy atom. The maximum absolute atomic E-state index is 11.2. The molecule has 0 aromatic rings. The molecule has 0 aromatic heterocycles. The van der Waals surface area contributed by atoms with Gasteiger partial charge in [-0.25, -0.2) is 8.42 Å². The van der Waals surface area contributed by atoms with E-state index in [0.717, 1.165) is 12.8 Å². The summed E-state index contributed by atoms with van der Waals surface area (Å²) in [4.78, 5) is 0. The lowest BCUT2D eigenvalue weighted by Crippen LogP contribution is -2.16. The molecule has 0 fully saturated rings. The molecule has 14 heavy (non-hydrogen) atoms. The minimum Gasteiger partial charge on any atom is -0.224 e. The first-order chi connectivity index (χ1) is 6.59. The molecule has 1 rings (SSSR count). The van der Waals surface area contributed by atoms with Gasteiger partial charge in [-0.05, 0) is 18.3 Å². The minimum atomic E-state index is -2.86. The highest BCUT2D eigenvalue weighted by atomic mass is 32.2. The molecule has 0 spiro atoms. The second-order valence-electron chi connectivity index (χ2n) is 4.13. The largest absolute Gasteiger partial charge is 0.224 e. The molecule has 1 aliphatic heterocycles. The molecular weight excluding hydrogens is 196 g/mol. The van der Waals surface area contributed by atoms with E-state index in [1.807, 2.05) is 6.08 Å². The van der Waals surface area contributed by atoms with Crippen molar-refractivity contribution in [1.82, 2.24) is 0 Å². The van der Waals surface area contributed by atoms with Gasteiger partial charge in [0, 0.05) is 5.41 Å². The van der Waals surface area contributed by atoms with Gasteiger partial charge in [0.1, 0.15) is 0 Å². The molecule has 0 saturated carbocycles. The first kappa shape index (κ1) is 11.8. The Balaban J connectivity index is 2.52. The van der Waals surface area contributed by atoms with Crippen LogP contribution in [0.4, 0.5) is 0 Å². The Morgan fingerprint density at radius 2 is 2.14 bits per heavy atom. The molecule has 0 aromatic carbocycles. The van der Waals surface area contributed by atoms with Crippen LogP contribution in [0.1, 0.15) is 39.5 Å². The van der Waals surface area contributed by atoms with Gasteiger partial charge in [0.25, 0.3) is 0 Å². The van der Waals surface area contributed by atoms with E-state index in [-0.39, 0.29) is 5.92 Å². The Hall–Kier alpha value is -0.310. The summed E-state index contributed by atoms with van der Waals surface area (Å²) in [5, 5.41) is 1.40. The van der Waals surface area contributed by atoms with E-state index in [0.29, 0.717) is 11.7 Å². The van der Waals surface area contributed by atoms with Gasteiger partial charge in [0.2, 0.25) is 0 Å². The van der Waals surface area contributed by atoms with Crippen molar-refractivity contribution in [3.8, 4) is 0 Å². The van der Waals surface area contributed by atoms with Crippen molar-refractivity contribution < 1.29 is 8.42 Å². The van der Waals surface area contributed by atoms with Crippen LogP contribution in [0.25, 0.3) is 0 Å². The first-order valence-corrected chi connectivity index (χ1v) is 7.21. The zero-order valence-corrected chi connectivity index (χ0v) is 9.89. The second-order valence-corrected chi connectivity index (χ2v) is 6.06. The number of hydrogen-bond donors (Lipinski definition) is 0. The Labute approximate surface area is 87.3 Å². The van der Waals surface area contributed by atoms with Gasteiger partial charge in [0.05, 0.1) is 5.75 Å². The minimum absolute atomic E-state index is 0.275. The van der Waals surface area contributed by atoms with Gasteiger partial charge in [-0.15, -0.1) is 0 Å². The van der Waals surface area contributed by atoms with Crippen LogP contribution in [-0.2, 0) is 9.84 Å². The topological polar surface area (TPSA) is 34.1 Å². The standard InChI is InChI=1S/C11H20O2S/c1-3-5-6-10(4-2)11-7-8-14(12,13)9-11/h7-8,10-11H,3-6,9H2,1-2H3. The van der Waals surface area contributed by atoms with Crippen LogP contribution >= 0.6 is 0 Å². The lowest BCUT2D eigenvalue weighted by atomic mass is 9.87. The molecule has 1 heterocycles. The van der Waals surface area contributed by atoms with Gasteiger partial charge in [0.15, 0.2) is 9.84 Å². The van der Waals surface area contributed by atoms with Crippen LogP contribution in [0.15, 0.2) is 11.5 Å². The normalized spacial score (nSPS) is 26.6. The summed E-state index contributed by atoms with van der Waals surface area (Å²) in [6, 6.07) is 0. The van der Waals surface area contributed by atoms with Crippen molar-refractivity contribution in [2.24, 2.45) is 11.8 Å². The van der Waals surface area contributed by atoms with Crippen LogP contribution in [0, 0.1) is 11.8 Å². The second kappa shape index (κ2) is 4.96. The first-order valence-electron chi connectivity index (χ1n) is 5.50. The fourth-order valence-corrected chi connectivity index (χ4v) is 3.55. The molecule has 1 aliphatic rings. The zero-order chi connectivity index (χ0) is 10.6. The third-order valence-corrected chi connectivity index (χ3v) is 4.44. The highest BCUT2D eigenvalue weighted by molar-refractivity contribution is 7.94. The molecule has 0 N–H and O–H groups in total. The summed E-state index contributed by atoms with van der Waals surface area (Å²) in [5.74, 6) is 1.18. The van der Waals surface area contributed by atoms with Crippen LogP contribution in [0.5, 0.6) is 0 Å². The van der Waals surface area contributed by atoms with E-state index < -0.39 is 9.84 Å². The smallest absolute Gasteiger partial charge is 0.171 e. The van der Waals surface area contributed by atoms with Gasteiger partial charge >= 0.3 is 0 Å². The van der Waals surface area contributed by atoms with Gasteiger partial charge in [-0.2, -0.15) is 0 Å². The molecule has 2 atom stereocenters.